The summed E-state index contributed by atoms with van der Waals surface area (Å²) in [6.45, 7) is 4.11. The molecule has 0 fully saturated rings. The first-order chi connectivity index (χ1) is 5.57. The van der Waals surface area contributed by atoms with Gasteiger partial charge < -0.3 is 15.2 Å². The molecule has 0 aliphatic carbocycles. The van der Waals surface area contributed by atoms with Gasteiger partial charge in [-0.2, -0.15) is 0 Å². The minimum Gasteiger partial charge on any atom is -0.461 e. The maximum atomic E-state index is 11.0. The highest BCUT2D eigenvalue weighted by molar-refractivity contribution is 5.74. The quantitative estimate of drug-likeness (QED) is 0.573. The van der Waals surface area contributed by atoms with Crippen molar-refractivity contribution in [2.24, 2.45) is 0 Å². The number of nitrogens with one attached hydrogen (secondary N) is 1. The lowest BCUT2D eigenvalue weighted by atomic mass is 10.2. The van der Waals surface area contributed by atoms with Gasteiger partial charge in [0.15, 0.2) is 6.10 Å². The van der Waals surface area contributed by atoms with Crippen LogP contribution in [-0.4, -0.2) is 36.9 Å². The number of hydrogen-bond acceptors (Lipinski definition) is 4. The van der Waals surface area contributed by atoms with Gasteiger partial charge in [-0.1, -0.05) is 0 Å². The third-order valence-corrected chi connectivity index (χ3v) is 1.29. The van der Waals surface area contributed by atoms with Crippen molar-refractivity contribution >= 4 is 5.97 Å². The van der Waals surface area contributed by atoms with Gasteiger partial charge in [-0.25, -0.2) is 4.79 Å². The number of carbonyl (C=O) groups is 1. The molecule has 0 aromatic heterocycles. The van der Waals surface area contributed by atoms with Crippen LogP contribution < -0.4 is 5.32 Å². The molecule has 0 bridgehead atoms. The zero-order chi connectivity index (χ0) is 9.56. The van der Waals surface area contributed by atoms with Crippen LogP contribution >= 0.6 is 0 Å². The second-order valence-corrected chi connectivity index (χ2v) is 2.89. The molecule has 72 valence electrons. The number of hydrogen-bond donors (Lipinski definition) is 2. The molecule has 4 heteroatoms. The molecule has 0 heterocycles. The SMILES string of the molecule is CNCCC(O)C(=O)OC(C)C. The standard InChI is InChI=1S/C8H17NO3/c1-6(2)12-8(11)7(10)4-5-9-3/h6-7,9-10H,4-5H2,1-3H3. The summed E-state index contributed by atoms with van der Waals surface area (Å²) in [7, 11) is 1.76. The predicted octanol–water partition coefficient (Wildman–Crippen LogP) is -0.0916. The number of ether oxygens (including phenoxy) is 1. The van der Waals surface area contributed by atoms with Gasteiger partial charge in [0, 0.05) is 0 Å². The first-order valence-electron chi connectivity index (χ1n) is 4.11. The lowest BCUT2D eigenvalue weighted by Crippen LogP contribution is -2.28. The van der Waals surface area contributed by atoms with Crippen LogP contribution in [0.5, 0.6) is 0 Å². The molecule has 1 unspecified atom stereocenters. The van der Waals surface area contributed by atoms with Crippen LogP contribution in [0.2, 0.25) is 0 Å². The van der Waals surface area contributed by atoms with Gasteiger partial charge in [-0.15, -0.1) is 0 Å². The summed E-state index contributed by atoms with van der Waals surface area (Å²) in [4.78, 5) is 11.0. The highest BCUT2D eigenvalue weighted by Crippen LogP contribution is 1.97. The molecular weight excluding hydrogens is 158 g/mol. The molecule has 0 aromatic carbocycles. The molecule has 12 heavy (non-hydrogen) atoms. The smallest absolute Gasteiger partial charge is 0.335 e. The third-order valence-electron chi connectivity index (χ3n) is 1.29. The van der Waals surface area contributed by atoms with E-state index < -0.39 is 12.1 Å². The minimum atomic E-state index is -1.00. The molecule has 1 atom stereocenters. The van der Waals surface area contributed by atoms with Crippen molar-refractivity contribution in [2.75, 3.05) is 13.6 Å². The number of esters is 1. The number of carbonyl (C=O) groups excluding carboxylic acids is 1. The second-order valence-electron chi connectivity index (χ2n) is 2.89. The fourth-order valence-electron chi connectivity index (χ4n) is 0.710. The summed E-state index contributed by atoms with van der Waals surface area (Å²) in [5.41, 5.74) is 0. The Morgan fingerprint density at radius 1 is 1.58 bits per heavy atom. The summed E-state index contributed by atoms with van der Waals surface area (Å²) in [5, 5.41) is 12.0. The van der Waals surface area contributed by atoms with Crippen molar-refractivity contribution in [1.82, 2.24) is 5.32 Å². The van der Waals surface area contributed by atoms with Crippen molar-refractivity contribution in [2.45, 2.75) is 32.5 Å². The van der Waals surface area contributed by atoms with Gasteiger partial charge >= 0.3 is 5.97 Å². The molecule has 0 aliphatic rings. The lowest BCUT2D eigenvalue weighted by molar-refractivity contribution is -0.157. The maximum Gasteiger partial charge on any atom is 0.335 e. The van der Waals surface area contributed by atoms with E-state index in [2.05, 4.69) is 5.32 Å². The summed E-state index contributed by atoms with van der Waals surface area (Å²) in [6.07, 6.45) is -0.774. The highest BCUT2D eigenvalue weighted by Gasteiger charge is 2.16. The van der Waals surface area contributed by atoms with Gasteiger partial charge in [0.25, 0.3) is 0 Å². The van der Waals surface area contributed by atoms with Gasteiger partial charge in [0.1, 0.15) is 0 Å². The largest absolute Gasteiger partial charge is 0.461 e. The number of aliphatic hydroxyl groups excluding tert-OH is 1. The summed E-state index contributed by atoms with van der Waals surface area (Å²) in [6, 6.07) is 0. The summed E-state index contributed by atoms with van der Waals surface area (Å²) >= 11 is 0. The number of aliphatic hydroxyl groups is 1. The highest BCUT2D eigenvalue weighted by atomic mass is 16.6. The molecule has 0 saturated carbocycles. The fraction of sp³-hybridized carbons (Fsp3) is 0.875. The Labute approximate surface area is 72.9 Å². The van der Waals surface area contributed by atoms with Crippen LogP contribution in [-0.2, 0) is 9.53 Å². The van der Waals surface area contributed by atoms with E-state index in [1.54, 1.807) is 20.9 Å². The summed E-state index contributed by atoms with van der Waals surface area (Å²) in [5.74, 6) is -0.541. The van der Waals surface area contributed by atoms with Crippen LogP contribution in [0.4, 0.5) is 0 Å². The van der Waals surface area contributed by atoms with E-state index in [1.165, 1.54) is 0 Å². The Hall–Kier alpha value is -0.610. The Bertz CT molecular complexity index is 136. The zero-order valence-corrected chi connectivity index (χ0v) is 7.83. The van der Waals surface area contributed by atoms with Gasteiger partial charge in [-0.3, -0.25) is 0 Å². The van der Waals surface area contributed by atoms with E-state index in [1.807, 2.05) is 0 Å². The zero-order valence-electron chi connectivity index (χ0n) is 7.83. The van der Waals surface area contributed by atoms with Crippen LogP contribution in [0.3, 0.4) is 0 Å². The predicted molar refractivity (Wildman–Crippen MR) is 45.8 cm³/mol. The Kier molecular flexibility index (Phi) is 5.66. The Balaban J connectivity index is 3.61. The van der Waals surface area contributed by atoms with Crippen LogP contribution in [0.15, 0.2) is 0 Å². The third kappa shape index (κ3) is 5.09. The molecule has 0 rings (SSSR count). The van der Waals surface area contributed by atoms with Crippen LogP contribution in [0.25, 0.3) is 0 Å². The van der Waals surface area contributed by atoms with E-state index >= 15 is 0 Å². The molecule has 0 spiro atoms. The second kappa shape index (κ2) is 5.97. The van der Waals surface area contributed by atoms with Gasteiger partial charge in [0.2, 0.25) is 0 Å². The van der Waals surface area contributed by atoms with Crippen molar-refractivity contribution in [3.8, 4) is 0 Å². The minimum absolute atomic E-state index is 0.165. The molecule has 0 saturated heterocycles. The molecule has 4 nitrogen and oxygen atoms in total. The van der Waals surface area contributed by atoms with E-state index in [0.29, 0.717) is 13.0 Å². The maximum absolute atomic E-state index is 11.0. The molecule has 0 aromatic rings. The van der Waals surface area contributed by atoms with Gasteiger partial charge in [0.05, 0.1) is 6.10 Å². The van der Waals surface area contributed by atoms with Crippen LogP contribution in [0.1, 0.15) is 20.3 Å². The monoisotopic (exact) mass is 175 g/mol. The first kappa shape index (κ1) is 11.4. The number of rotatable bonds is 5. The van der Waals surface area contributed by atoms with E-state index in [-0.39, 0.29) is 6.10 Å². The van der Waals surface area contributed by atoms with Crippen molar-refractivity contribution in [3.05, 3.63) is 0 Å². The molecule has 0 amide bonds. The van der Waals surface area contributed by atoms with Crippen LogP contribution in [0, 0.1) is 0 Å². The van der Waals surface area contributed by atoms with Crippen molar-refractivity contribution < 1.29 is 14.6 Å². The van der Waals surface area contributed by atoms with Crippen molar-refractivity contribution in [1.29, 1.82) is 0 Å². The topological polar surface area (TPSA) is 58.6 Å². The summed E-state index contributed by atoms with van der Waals surface area (Å²) < 4.78 is 4.79. The molecule has 0 aliphatic heterocycles. The molecule has 0 radical (unpaired) electrons. The normalized spacial score (nSPS) is 13.1. The van der Waals surface area contributed by atoms with E-state index in [4.69, 9.17) is 4.74 Å². The van der Waals surface area contributed by atoms with E-state index in [0.717, 1.165) is 0 Å². The van der Waals surface area contributed by atoms with E-state index in [9.17, 15) is 9.90 Å². The lowest BCUT2D eigenvalue weighted by Gasteiger charge is -2.12. The fourth-order valence-corrected chi connectivity index (χ4v) is 0.710. The Morgan fingerprint density at radius 2 is 2.17 bits per heavy atom. The average Bonchev–Trinajstić information content (AvgIpc) is 1.98. The molecular formula is C8H17NO3. The van der Waals surface area contributed by atoms with Crippen molar-refractivity contribution in [3.63, 3.8) is 0 Å². The Morgan fingerprint density at radius 3 is 2.58 bits per heavy atom. The average molecular weight is 175 g/mol. The first-order valence-corrected chi connectivity index (χ1v) is 4.11. The van der Waals surface area contributed by atoms with Gasteiger partial charge in [-0.05, 0) is 33.9 Å². The molecule has 2 N–H and O–H groups in total.